The summed E-state index contributed by atoms with van der Waals surface area (Å²) >= 11 is 0. The average Bonchev–Trinajstić information content (AvgIpc) is 3.31. The molecule has 0 radical (unpaired) electrons. The molecule has 0 spiro atoms. The summed E-state index contributed by atoms with van der Waals surface area (Å²) in [6.45, 7) is 14.1. The van der Waals surface area contributed by atoms with E-state index in [-0.39, 0.29) is 11.4 Å². The van der Waals surface area contributed by atoms with E-state index in [2.05, 4.69) is 36.7 Å². The maximum absolute atomic E-state index is 13.1. The summed E-state index contributed by atoms with van der Waals surface area (Å²) in [5, 5.41) is 3.43. The van der Waals surface area contributed by atoms with E-state index in [9.17, 15) is 4.39 Å². The van der Waals surface area contributed by atoms with Crippen LogP contribution in [-0.2, 0) is 6.54 Å². The summed E-state index contributed by atoms with van der Waals surface area (Å²) in [6.07, 6.45) is 4.35. The molecule has 1 aliphatic carbocycles. The third kappa shape index (κ3) is 4.88. The summed E-state index contributed by atoms with van der Waals surface area (Å²) < 4.78 is 13.1. The van der Waals surface area contributed by atoms with Gasteiger partial charge in [-0.1, -0.05) is 24.8 Å². The van der Waals surface area contributed by atoms with Crippen molar-refractivity contribution in [1.29, 1.82) is 0 Å². The van der Waals surface area contributed by atoms with E-state index in [1.54, 1.807) is 0 Å². The lowest BCUT2D eigenvalue weighted by Gasteiger charge is -2.28. The predicted molar refractivity (Wildman–Crippen MR) is 103 cm³/mol. The van der Waals surface area contributed by atoms with E-state index < -0.39 is 0 Å². The average molecular weight is 343 g/mol. The van der Waals surface area contributed by atoms with Crippen LogP contribution in [0.2, 0.25) is 0 Å². The molecule has 0 atom stereocenters. The number of rotatable bonds is 8. The Morgan fingerprint density at radius 3 is 2.44 bits per heavy atom. The molecule has 3 N–H and O–H groups in total. The molecule has 0 aromatic heterocycles. The number of nitrogens with two attached hydrogens (primary N) is 1. The Morgan fingerprint density at radius 1 is 1.36 bits per heavy atom. The van der Waals surface area contributed by atoms with Crippen molar-refractivity contribution < 1.29 is 4.39 Å². The Labute approximate surface area is 151 Å². The van der Waals surface area contributed by atoms with Crippen LogP contribution in [0, 0.1) is 5.82 Å². The van der Waals surface area contributed by atoms with Gasteiger partial charge in [0.05, 0.1) is 0 Å². The molecule has 0 saturated heterocycles. The minimum atomic E-state index is -0.217. The number of allylic oxidation sites excluding steroid dienone is 2. The van der Waals surface area contributed by atoms with Gasteiger partial charge in [-0.2, -0.15) is 0 Å². The first kappa shape index (κ1) is 19.1. The van der Waals surface area contributed by atoms with Gasteiger partial charge in [-0.3, -0.25) is 0 Å². The van der Waals surface area contributed by atoms with Gasteiger partial charge in [0, 0.05) is 24.3 Å². The van der Waals surface area contributed by atoms with Crippen molar-refractivity contribution in [2.45, 2.75) is 52.6 Å². The summed E-state index contributed by atoms with van der Waals surface area (Å²) in [7, 11) is 0. The Balaban J connectivity index is 2.15. The molecular formula is C21H30FN3. The van der Waals surface area contributed by atoms with Gasteiger partial charge in [0.2, 0.25) is 0 Å². The van der Waals surface area contributed by atoms with Gasteiger partial charge in [0.15, 0.2) is 0 Å². The van der Waals surface area contributed by atoms with E-state index >= 15 is 0 Å². The van der Waals surface area contributed by atoms with Gasteiger partial charge in [-0.15, -0.1) is 0 Å². The summed E-state index contributed by atoms with van der Waals surface area (Å²) in [6, 6.07) is 6.61. The predicted octanol–water partition coefficient (Wildman–Crippen LogP) is 4.44. The Morgan fingerprint density at radius 2 is 1.96 bits per heavy atom. The van der Waals surface area contributed by atoms with Crippen LogP contribution in [-0.4, -0.2) is 17.0 Å². The number of nitrogens with one attached hydrogen (secondary N) is 1. The maximum atomic E-state index is 13.1. The summed E-state index contributed by atoms with van der Waals surface area (Å²) in [5.74, 6) is 0.498. The van der Waals surface area contributed by atoms with E-state index in [1.165, 1.54) is 12.1 Å². The SMILES string of the molecule is C=C(C(=C\C)/C(C)=C(/N)NC1(C)CC1)N(CC)Cc1ccc(F)cc1. The number of halogens is 1. The van der Waals surface area contributed by atoms with Crippen molar-refractivity contribution in [3.63, 3.8) is 0 Å². The normalized spacial score (nSPS) is 16.9. The van der Waals surface area contributed by atoms with Crippen molar-refractivity contribution in [2.75, 3.05) is 6.54 Å². The molecule has 0 bridgehead atoms. The van der Waals surface area contributed by atoms with Crippen molar-refractivity contribution >= 4 is 0 Å². The largest absolute Gasteiger partial charge is 0.385 e. The third-order valence-electron chi connectivity index (χ3n) is 4.89. The highest BCUT2D eigenvalue weighted by Gasteiger charge is 2.37. The third-order valence-corrected chi connectivity index (χ3v) is 4.89. The lowest BCUT2D eigenvalue weighted by atomic mass is 10.0. The zero-order valence-corrected chi connectivity index (χ0v) is 15.8. The number of hydrogen-bond donors (Lipinski definition) is 2. The molecule has 25 heavy (non-hydrogen) atoms. The molecule has 1 fully saturated rings. The molecule has 136 valence electrons. The van der Waals surface area contributed by atoms with Crippen LogP contribution in [0.3, 0.4) is 0 Å². The van der Waals surface area contributed by atoms with Crippen LogP contribution in [0.1, 0.15) is 46.1 Å². The van der Waals surface area contributed by atoms with Gasteiger partial charge < -0.3 is 16.0 Å². The van der Waals surface area contributed by atoms with Gasteiger partial charge >= 0.3 is 0 Å². The highest BCUT2D eigenvalue weighted by Crippen LogP contribution is 2.35. The molecule has 2 rings (SSSR count). The molecule has 1 saturated carbocycles. The molecule has 1 aromatic carbocycles. The standard InChI is InChI=1S/C21H30FN3/c1-6-19(15(3)20(23)24-21(5)12-13-21)16(4)25(7-2)14-17-8-10-18(22)11-9-17/h6,8-11,24H,4,7,12-14,23H2,1-3,5H3/b19-6-,20-15-. The maximum Gasteiger partial charge on any atom is 0.123 e. The van der Waals surface area contributed by atoms with E-state index in [1.807, 2.05) is 26.0 Å². The lowest BCUT2D eigenvalue weighted by molar-refractivity contribution is 0.363. The van der Waals surface area contributed by atoms with Gasteiger partial charge in [-0.05, 0) is 69.4 Å². The van der Waals surface area contributed by atoms with E-state index in [0.717, 1.165) is 41.8 Å². The van der Waals surface area contributed by atoms with Gasteiger partial charge in [0.25, 0.3) is 0 Å². The van der Waals surface area contributed by atoms with E-state index in [4.69, 9.17) is 5.73 Å². The fourth-order valence-corrected chi connectivity index (χ4v) is 2.85. The summed E-state index contributed by atoms with van der Waals surface area (Å²) in [5.41, 5.74) is 10.5. The van der Waals surface area contributed by atoms with Gasteiger partial charge in [0.1, 0.15) is 11.6 Å². The lowest BCUT2D eigenvalue weighted by Crippen LogP contribution is -2.33. The van der Waals surface area contributed by atoms with Crippen LogP contribution in [0.4, 0.5) is 4.39 Å². The number of benzene rings is 1. The zero-order chi connectivity index (χ0) is 18.6. The van der Waals surface area contributed by atoms with Crippen LogP contribution in [0.25, 0.3) is 0 Å². The second-order valence-corrected chi connectivity index (χ2v) is 7.01. The molecule has 0 aliphatic heterocycles. The number of hydrogen-bond acceptors (Lipinski definition) is 3. The van der Waals surface area contributed by atoms with E-state index in [0.29, 0.717) is 12.4 Å². The van der Waals surface area contributed by atoms with Crippen LogP contribution < -0.4 is 11.1 Å². The smallest absolute Gasteiger partial charge is 0.123 e. The molecule has 4 heteroatoms. The van der Waals surface area contributed by atoms with Crippen molar-refractivity contribution in [3.05, 3.63) is 71.0 Å². The zero-order valence-electron chi connectivity index (χ0n) is 15.8. The Kier molecular flexibility index (Phi) is 5.93. The molecule has 1 aliphatic rings. The molecular weight excluding hydrogens is 313 g/mol. The van der Waals surface area contributed by atoms with Crippen LogP contribution >= 0.6 is 0 Å². The number of likely N-dealkylation sites (N-methyl/N-ethyl adjacent to an activating group) is 1. The first-order chi connectivity index (χ1) is 11.8. The second kappa shape index (κ2) is 7.77. The minimum Gasteiger partial charge on any atom is -0.385 e. The highest BCUT2D eigenvalue weighted by atomic mass is 19.1. The molecule has 0 amide bonds. The first-order valence-electron chi connectivity index (χ1n) is 8.89. The number of nitrogens with zero attached hydrogens (tertiary/aromatic N) is 1. The van der Waals surface area contributed by atoms with Crippen molar-refractivity contribution in [2.24, 2.45) is 5.73 Å². The van der Waals surface area contributed by atoms with Crippen molar-refractivity contribution in [1.82, 2.24) is 10.2 Å². The van der Waals surface area contributed by atoms with Crippen molar-refractivity contribution in [3.8, 4) is 0 Å². The summed E-state index contributed by atoms with van der Waals surface area (Å²) in [4.78, 5) is 2.18. The molecule has 1 aromatic rings. The fourth-order valence-electron chi connectivity index (χ4n) is 2.85. The minimum absolute atomic E-state index is 0.143. The Hall–Kier alpha value is -2.23. The molecule has 3 nitrogen and oxygen atoms in total. The second-order valence-electron chi connectivity index (χ2n) is 7.01. The van der Waals surface area contributed by atoms with Crippen LogP contribution in [0.15, 0.2) is 59.6 Å². The monoisotopic (exact) mass is 343 g/mol. The molecule has 0 unspecified atom stereocenters. The molecule has 0 heterocycles. The Bertz CT molecular complexity index is 682. The van der Waals surface area contributed by atoms with Gasteiger partial charge in [-0.25, -0.2) is 4.39 Å². The fraction of sp³-hybridized carbons (Fsp3) is 0.429. The topological polar surface area (TPSA) is 41.3 Å². The first-order valence-corrected chi connectivity index (χ1v) is 8.89. The highest BCUT2D eigenvalue weighted by molar-refractivity contribution is 5.45. The van der Waals surface area contributed by atoms with Crippen LogP contribution in [0.5, 0.6) is 0 Å². The quantitative estimate of drug-likeness (QED) is 0.686.